The van der Waals surface area contributed by atoms with Crippen molar-refractivity contribution in [1.82, 2.24) is 0 Å². The zero-order valence-corrected chi connectivity index (χ0v) is 11.8. The monoisotopic (exact) mass is 328 g/mol. The Hall–Kier alpha value is -1.39. The van der Waals surface area contributed by atoms with Gasteiger partial charge in [0.1, 0.15) is 0 Å². The van der Waals surface area contributed by atoms with E-state index in [1.807, 2.05) is 0 Å². The van der Waals surface area contributed by atoms with Gasteiger partial charge in [0.25, 0.3) is 0 Å². The largest absolute Gasteiger partial charge is 0.323 e. The second kappa shape index (κ2) is 4.37. The van der Waals surface area contributed by atoms with Crippen molar-refractivity contribution in [3.05, 3.63) is 22.2 Å². The SMILES string of the molecule is Cc1cc(Br)c2c(c1)S(=O)(=O)C(CC#N)C(=O)N2. The molecule has 1 aliphatic rings. The van der Waals surface area contributed by atoms with Crippen molar-refractivity contribution in [2.75, 3.05) is 5.32 Å². The van der Waals surface area contributed by atoms with E-state index >= 15 is 0 Å². The maximum Gasteiger partial charge on any atom is 0.244 e. The summed E-state index contributed by atoms with van der Waals surface area (Å²) < 4.78 is 25.1. The Labute approximate surface area is 113 Å². The van der Waals surface area contributed by atoms with E-state index in [1.54, 1.807) is 19.1 Å². The van der Waals surface area contributed by atoms with Crippen LogP contribution in [0.1, 0.15) is 12.0 Å². The molecule has 1 heterocycles. The standard InChI is InChI=1S/C11H9BrN2O3S/c1-6-4-7(12)10-9(5-6)18(16,17)8(2-3-13)11(15)14-10/h4-5,8H,2H2,1H3,(H,14,15). The second-order valence-corrected chi connectivity index (χ2v) is 6.96. The van der Waals surface area contributed by atoms with Crippen LogP contribution >= 0.6 is 15.9 Å². The summed E-state index contributed by atoms with van der Waals surface area (Å²) in [5.74, 6) is -0.659. The van der Waals surface area contributed by atoms with Crippen molar-refractivity contribution < 1.29 is 13.2 Å². The summed E-state index contributed by atoms with van der Waals surface area (Å²) >= 11 is 3.23. The molecule has 1 aliphatic heterocycles. The van der Waals surface area contributed by atoms with Crippen LogP contribution in [0.4, 0.5) is 5.69 Å². The molecule has 0 bridgehead atoms. The maximum atomic E-state index is 12.3. The highest BCUT2D eigenvalue weighted by atomic mass is 79.9. The molecule has 1 aromatic carbocycles. The van der Waals surface area contributed by atoms with E-state index in [0.29, 0.717) is 4.47 Å². The van der Waals surface area contributed by atoms with Gasteiger partial charge in [-0.05, 0) is 40.5 Å². The number of halogens is 1. The van der Waals surface area contributed by atoms with E-state index in [0.717, 1.165) is 5.56 Å². The van der Waals surface area contributed by atoms with E-state index in [1.165, 1.54) is 6.07 Å². The molecule has 1 N–H and O–H groups in total. The third-order valence-electron chi connectivity index (χ3n) is 2.70. The predicted molar refractivity (Wildman–Crippen MR) is 68.7 cm³/mol. The first-order chi connectivity index (χ1) is 8.37. The summed E-state index contributed by atoms with van der Waals surface area (Å²) in [6, 6.07) is 4.95. The lowest BCUT2D eigenvalue weighted by molar-refractivity contribution is -0.115. The maximum absolute atomic E-state index is 12.3. The number of nitrogens with one attached hydrogen (secondary N) is 1. The lowest BCUT2D eigenvalue weighted by Crippen LogP contribution is -2.39. The Morgan fingerprint density at radius 1 is 1.50 bits per heavy atom. The Kier molecular flexibility index (Phi) is 3.17. The van der Waals surface area contributed by atoms with E-state index < -0.39 is 21.0 Å². The number of benzene rings is 1. The van der Waals surface area contributed by atoms with Crippen LogP contribution in [0.15, 0.2) is 21.5 Å². The Bertz CT molecular complexity index is 676. The van der Waals surface area contributed by atoms with Gasteiger partial charge in [-0.15, -0.1) is 0 Å². The molecule has 94 valence electrons. The zero-order valence-electron chi connectivity index (χ0n) is 9.40. The third kappa shape index (κ3) is 1.91. The molecule has 1 amide bonds. The second-order valence-electron chi connectivity index (χ2n) is 4.01. The summed E-state index contributed by atoms with van der Waals surface area (Å²) in [6.07, 6.45) is -0.348. The van der Waals surface area contributed by atoms with Crippen molar-refractivity contribution in [3.8, 4) is 6.07 Å². The summed E-state index contributed by atoms with van der Waals surface area (Å²) in [7, 11) is -3.80. The van der Waals surface area contributed by atoms with Gasteiger partial charge >= 0.3 is 0 Å². The highest BCUT2D eigenvalue weighted by molar-refractivity contribution is 9.10. The van der Waals surface area contributed by atoms with Gasteiger partial charge in [-0.25, -0.2) is 8.42 Å². The minimum Gasteiger partial charge on any atom is -0.323 e. The lowest BCUT2D eigenvalue weighted by Gasteiger charge is -2.24. The first-order valence-electron chi connectivity index (χ1n) is 5.10. The number of rotatable bonds is 1. The smallest absolute Gasteiger partial charge is 0.244 e. The van der Waals surface area contributed by atoms with Gasteiger partial charge in [0.15, 0.2) is 15.1 Å². The fourth-order valence-electron chi connectivity index (χ4n) is 1.84. The number of nitrogens with zero attached hydrogens (tertiary/aromatic N) is 1. The van der Waals surface area contributed by atoms with Crippen molar-refractivity contribution in [2.45, 2.75) is 23.5 Å². The summed E-state index contributed by atoms with van der Waals surface area (Å²) in [6.45, 7) is 1.76. The zero-order chi connectivity index (χ0) is 13.5. The number of amides is 1. The summed E-state index contributed by atoms with van der Waals surface area (Å²) in [5.41, 5.74) is 1.01. The van der Waals surface area contributed by atoms with Gasteiger partial charge < -0.3 is 5.32 Å². The minimum absolute atomic E-state index is 0.0641. The Balaban J connectivity index is 2.71. The van der Waals surface area contributed by atoms with E-state index in [4.69, 9.17) is 5.26 Å². The first-order valence-corrected chi connectivity index (χ1v) is 7.43. The predicted octanol–water partition coefficient (Wildman–Crippen LogP) is 1.77. The van der Waals surface area contributed by atoms with E-state index in [9.17, 15) is 13.2 Å². The summed E-state index contributed by atoms with van der Waals surface area (Å²) in [4.78, 5) is 11.8. The van der Waals surface area contributed by atoms with Crippen molar-refractivity contribution >= 4 is 37.4 Å². The van der Waals surface area contributed by atoms with Gasteiger partial charge in [-0.2, -0.15) is 5.26 Å². The molecule has 5 nitrogen and oxygen atoms in total. The molecule has 18 heavy (non-hydrogen) atoms. The van der Waals surface area contributed by atoms with Crippen LogP contribution in [0.2, 0.25) is 0 Å². The Morgan fingerprint density at radius 2 is 2.17 bits per heavy atom. The van der Waals surface area contributed by atoms with Crippen LogP contribution in [-0.4, -0.2) is 19.6 Å². The van der Waals surface area contributed by atoms with Crippen molar-refractivity contribution in [1.29, 1.82) is 5.26 Å². The van der Waals surface area contributed by atoms with Crippen molar-refractivity contribution in [2.24, 2.45) is 0 Å². The molecular formula is C11H9BrN2O3S. The topological polar surface area (TPSA) is 87.0 Å². The average Bonchev–Trinajstić information content (AvgIpc) is 2.26. The molecule has 0 saturated heterocycles. The van der Waals surface area contributed by atoms with Gasteiger partial charge in [-0.1, -0.05) is 0 Å². The van der Waals surface area contributed by atoms with E-state index in [2.05, 4.69) is 21.2 Å². The number of hydrogen-bond acceptors (Lipinski definition) is 4. The number of aryl methyl sites for hydroxylation is 1. The van der Waals surface area contributed by atoms with Crippen molar-refractivity contribution in [3.63, 3.8) is 0 Å². The average molecular weight is 329 g/mol. The molecular weight excluding hydrogens is 320 g/mol. The molecule has 0 aliphatic carbocycles. The number of anilines is 1. The van der Waals surface area contributed by atoms with Gasteiger partial charge in [-0.3, -0.25) is 4.79 Å². The number of carbonyl (C=O) groups is 1. The van der Waals surface area contributed by atoms with Gasteiger partial charge in [0.05, 0.1) is 23.1 Å². The van der Waals surface area contributed by atoms with Gasteiger partial charge in [0, 0.05) is 4.47 Å². The molecule has 0 fully saturated rings. The number of fused-ring (bicyclic) bond motifs is 1. The molecule has 1 aromatic rings. The number of nitriles is 1. The number of carbonyl (C=O) groups excluding carboxylic acids is 1. The molecule has 2 rings (SSSR count). The van der Waals surface area contributed by atoms with Crippen LogP contribution in [0.5, 0.6) is 0 Å². The fraction of sp³-hybridized carbons (Fsp3) is 0.273. The minimum atomic E-state index is -3.80. The molecule has 1 unspecified atom stereocenters. The lowest BCUT2D eigenvalue weighted by atomic mass is 10.2. The van der Waals surface area contributed by atoms with Gasteiger partial charge in [0.2, 0.25) is 5.91 Å². The quantitative estimate of drug-likeness (QED) is 0.850. The molecule has 0 spiro atoms. The number of hydrogen-bond donors (Lipinski definition) is 1. The summed E-state index contributed by atoms with van der Waals surface area (Å²) in [5, 5.41) is 9.82. The molecule has 7 heteroatoms. The normalized spacial score (nSPS) is 20.7. The fourth-order valence-corrected chi connectivity index (χ4v) is 4.38. The first kappa shape index (κ1) is 13.1. The van der Waals surface area contributed by atoms with Crippen LogP contribution in [-0.2, 0) is 14.6 Å². The number of sulfone groups is 1. The molecule has 0 radical (unpaired) electrons. The third-order valence-corrected chi connectivity index (χ3v) is 5.39. The molecule has 0 aromatic heterocycles. The molecule has 1 atom stereocenters. The highest BCUT2D eigenvalue weighted by Gasteiger charge is 2.40. The van der Waals surface area contributed by atoms with Crippen LogP contribution in [0.3, 0.4) is 0 Å². The van der Waals surface area contributed by atoms with Crippen LogP contribution in [0, 0.1) is 18.3 Å². The Morgan fingerprint density at radius 3 is 2.78 bits per heavy atom. The van der Waals surface area contributed by atoms with Crippen LogP contribution < -0.4 is 5.32 Å². The van der Waals surface area contributed by atoms with Crippen LogP contribution in [0.25, 0.3) is 0 Å². The highest BCUT2D eigenvalue weighted by Crippen LogP contribution is 2.37. The molecule has 0 saturated carbocycles. The van der Waals surface area contributed by atoms with E-state index in [-0.39, 0.29) is 17.0 Å².